The van der Waals surface area contributed by atoms with Gasteiger partial charge in [0.1, 0.15) is 15.6 Å². The van der Waals surface area contributed by atoms with Crippen LogP contribution in [0.15, 0.2) is 101 Å². The van der Waals surface area contributed by atoms with Gasteiger partial charge in [0.25, 0.3) is 5.69 Å². The van der Waals surface area contributed by atoms with Crippen LogP contribution < -0.4 is 4.90 Å². The molecule has 3 aromatic carbocycles. The van der Waals surface area contributed by atoms with E-state index in [2.05, 4.69) is 10.2 Å². The normalized spacial score (nSPS) is 10.8. The van der Waals surface area contributed by atoms with E-state index in [0.717, 1.165) is 11.4 Å². The van der Waals surface area contributed by atoms with Gasteiger partial charge in [-0.05, 0) is 42.5 Å². The van der Waals surface area contributed by atoms with Gasteiger partial charge in [-0.2, -0.15) is 5.11 Å². The lowest BCUT2D eigenvalue weighted by atomic mass is 10.2. The van der Waals surface area contributed by atoms with Crippen molar-refractivity contribution >= 4 is 50.7 Å². The molecule has 0 aliphatic rings. The number of azo groups is 1. The number of anilines is 3. The molecule has 1 heterocycles. The first kappa shape index (κ1) is 21.8. The predicted octanol–water partition coefficient (Wildman–Crippen LogP) is 7.33. The van der Waals surface area contributed by atoms with Crippen LogP contribution in [0.3, 0.4) is 0 Å². The molecule has 1 aromatic heterocycles. The van der Waals surface area contributed by atoms with E-state index in [1.54, 1.807) is 6.07 Å². The van der Waals surface area contributed by atoms with Crippen molar-refractivity contribution in [2.24, 2.45) is 10.2 Å². The number of carbonyl (C=O) groups is 1. The zero-order chi connectivity index (χ0) is 23.2. The van der Waals surface area contributed by atoms with Gasteiger partial charge in [-0.25, -0.2) is 4.79 Å². The Hall–Kier alpha value is -4.37. The summed E-state index contributed by atoms with van der Waals surface area (Å²) in [4.78, 5) is 25.1. The summed E-state index contributed by atoms with van der Waals surface area (Å²) in [6, 6.07) is 26.8. The molecular weight excluding hydrogens is 440 g/mol. The first-order valence-corrected chi connectivity index (χ1v) is 10.7. The number of carbonyl (C=O) groups excluding carboxylic acids is 1. The largest absolute Gasteiger partial charge is 0.465 e. The number of nitro benzene ring substituents is 1. The van der Waals surface area contributed by atoms with Gasteiger partial charge >= 0.3 is 5.97 Å². The second kappa shape index (κ2) is 9.84. The maximum Gasteiger partial charge on any atom is 0.348 e. The molecule has 0 aliphatic carbocycles. The zero-order valence-electron chi connectivity index (χ0n) is 17.5. The van der Waals surface area contributed by atoms with Crippen LogP contribution in [0.4, 0.5) is 33.4 Å². The van der Waals surface area contributed by atoms with Gasteiger partial charge in [0.15, 0.2) is 0 Å². The van der Waals surface area contributed by atoms with Crippen molar-refractivity contribution in [3.8, 4) is 0 Å². The van der Waals surface area contributed by atoms with Crippen LogP contribution in [0.2, 0.25) is 0 Å². The van der Waals surface area contributed by atoms with E-state index < -0.39 is 10.9 Å². The average Bonchev–Trinajstić information content (AvgIpc) is 3.27. The fourth-order valence-corrected chi connectivity index (χ4v) is 4.15. The molecule has 8 nitrogen and oxygen atoms in total. The van der Waals surface area contributed by atoms with Crippen LogP contribution in [0, 0.1) is 10.1 Å². The molecule has 0 saturated carbocycles. The summed E-state index contributed by atoms with van der Waals surface area (Å²) >= 11 is 1.24. The highest BCUT2D eigenvalue weighted by atomic mass is 32.1. The number of rotatable bonds is 7. The summed E-state index contributed by atoms with van der Waals surface area (Å²) in [6.45, 7) is 0. The molecule has 0 fully saturated rings. The number of thiophene rings is 1. The second-order valence-corrected chi connectivity index (χ2v) is 7.80. The lowest BCUT2D eigenvalue weighted by Crippen LogP contribution is -2.08. The third-order valence-corrected chi connectivity index (χ3v) is 5.74. The molecule has 4 rings (SSSR count). The number of benzene rings is 3. The summed E-state index contributed by atoms with van der Waals surface area (Å²) in [5, 5.41) is 20.2. The molecule has 0 saturated heterocycles. The molecule has 0 bridgehead atoms. The minimum Gasteiger partial charge on any atom is -0.465 e. The molecule has 0 N–H and O–H groups in total. The number of esters is 1. The number of hydrogen-bond acceptors (Lipinski definition) is 8. The number of hydrogen-bond donors (Lipinski definition) is 0. The van der Waals surface area contributed by atoms with E-state index in [4.69, 9.17) is 4.74 Å². The zero-order valence-corrected chi connectivity index (χ0v) is 18.3. The van der Waals surface area contributed by atoms with Crippen LogP contribution >= 0.6 is 11.3 Å². The summed E-state index contributed by atoms with van der Waals surface area (Å²) < 4.78 is 4.91. The van der Waals surface area contributed by atoms with Gasteiger partial charge < -0.3 is 9.64 Å². The Balaban J connectivity index is 1.81. The minimum absolute atomic E-state index is 0.0301. The van der Waals surface area contributed by atoms with Crippen LogP contribution in [0.1, 0.15) is 9.67 Å². The topological polar surface area (TPSA) is 97.4 Å². The number of nitro groups is 1. The van der Waals surface area contributed by atoms with Crippen LogP contribution in [-0.2, 0) is 4.74 Å². The van der Waals surface area contributed by atoms with Crippen molar-refractivity contribution in [1.29, 1.82) is 0 Å². The smallest absolute Gasteiger partial charge is 0.348 e. The lowest BCUT2D eigenvalue weighted by molar-refractivity contribution is -0.384. The van der Waals surface area contributed by atoms with Crippen LogP contribution in [-0.4, -0.2) is 18.0 Å². The van der Waals surface area contributed by atoms with Gasteiger partial charge in [0.2, 0.25) is 0 Å². The SMILES string of the molecule is COC(=O)c1cc(N=Nc2ccc([N+](=O)[O-])cc2)c(N(c2ccccc2)c2ccccc2)s1. The van der Waals surface area contributed by atoms with E-state index >= 15 is 0 Å². The quantitative estimate of drug-likeness (QED) is 0.125. The van der Waals surface area contributed by atoms with Crippen molar-refractivity contribution < 1.29 is 14.5 Å². The number of non-ortho nitro benzene ring substituents is 1. The van der Waals surface area contributed by atoms with Gasteiger partial charge in [0.05, 0.1) is 17.7 Å². The van der Waals surface area contributed by atoms with E-state index in [-0.39, 0.29) is 5.69 Å². The number of ether oxygens (including phenoxy) is 1. The molecule has 33 heavy (non-hydrogen) atoms. The first-order chi connectivity index (χ1) is 16.1. The molecule has 164 valence electrons. The Bertz CT molecular complexity index is 1250. The predicted molar refractivity (Wildman–Crippen MR) is 128 cm³/mol. The van der Waals surface area contributed by atoms with E-state index in [0.29, 0.717) is 21.3 Å². The fourth-order valence-electron chi connectivity index (χ4n) is 3.10. The molecule has 0 unspecified atom stereocenters. The van der Waals surface area contributed by atoms with Crippen molar-refractivity contribution in [2.75, 3.05) is 12.0 Å². The summed E-state index contributed by atoms with van der Waals surface area (Å²) in [5.74, 6) is -0.473. The highest BCUT2D eigenvalue weighted by Crippen LogP contribution is 2.46. The highest BCUT2D eigenvalue weighted by molar-refractivity contribution is 7.18. The lowest BCUT2D eigenvalue weighted by Gasteiger charge is -2.24. The second-order valence-electron chi connectivity index (χ2n) is 6.77. The standard InChI is InChI=1S/C24H18N4O4S/c1-32-24(29)22-16-21(26-25-17-12-14-20(15-13-17)28(30)31)23(33-22)27(18-8-4-2-5-9-18)19-10-6-3-7-11-19/h2-16H,1H3. The third kappa shape index (κ3) is 4.94. The van der Waals surface area contributed by atoms with Crippen molar-refractivity contribution in [3.63, 3.8) is 0 Å². The van der Waals surface area contributed by atoms with E-state index in [9.17, 15) is 14.9 Å². The number of nitrogens with zero attached hydrogens (tertiary/aromatic N) is 4. The molecule has 0 amide bonds. The number of methoxy groups -OCH3 is 1. The van der Waals surface area contributed by atoms with Gasteiger partial charge in [-0.1, -0.05) is 36.4 Å². The fraction of sp³-hybridized carbons (Fsp3) is 0.0417. The van der Waals surface area contributed by atoms with Crippen molar-refractivity contribution in [1.82, 2.24) is 0 Å². The number of para-hydroxylation sites is 2. The molecule has 0 radical (unpaired) electrons. The monoisotopic (exact) mass is 458 g/mol. The van der Waals surface area contributed by atoms with E-state index in [1.165, 1.54) is 42.7 Å². The molecule has 4 aromatic rings. The molecule has 0 spiro atoms. The summed E-state index contributed by atoms with van der Waals surface area (Å²) in [7, 11) is 1.33. The molecule has 0 aliphatic heterocycles. The summed E-state index contributed by atoms with van der Waals surface area (Å²) in [6.07, 6.45) is 0. The first-order valence-electron chi connectivity index (χ1n) is 9.85. The molecule has 0 atom stereocenters. The molecule has 9 heteroatoms. The van der Waals surface area contributed by atoms with Gasteiger partial charge in [-0.15, -0.1) is 16.5 Å². The Morgan fingerprint density at radius 1 is 0.909 bits per heavy atom. The van der Waals surface area contributed by atoms with E-state index in [1.807, 2.05) is 65.6 Å². The third-order valence-electron chi connectivity index (χ3n) is 4.65. The minimum atomic E-state index is -0.474. The molecular formula is C24H18N4O4S. The Morgan fingerprint density at radius 3 is 2.00 bits per heavy atom. The van der Waals surface area contributed by atoms with Crippen LogP contribution in [0.5, 0.6) is 0 Å². The summed E-state index contributed by atoms with van der Waals surface area (Å²) in [5.41, 5.74) is 2.65. The Labute approximate surface area is 193 Å². The maximum absolute atomic E-state index is 12.3. The van der Waals surface area contributed by atoms with Gasteiger partial charge in [0, 0.05) is 23.5 Å². The Morgan fingerprint density at radius 2 is 1.48 bits per heavy atom. The van der Waals surface area contributed by atoms with Crippen molar-refractivity contribution in [3.05, 3.63) is 106 Å². The van der Waals surface area contributed by atoms with Crippen molar-refractivity contribution in [2.45, 2.75) is 0 Å². The maximum atomic E-state index is 12.3. The van der Waals surface area contributed by atoms with Gasteiger partial charge in [-0.3, -0.25) is 10.1 Å². The highest BCUT2D eigenvalue weighted by Gasteiger charge is 2.22. The Kier molecular flexibility index (Phi) is 6.51. The van der Waals surface area contributed by atoms with Crippen LogP contribution in [0.25, 0.3) is 0 Å². The average molecular weight is 458 g/mol.